The van der Waals surface area contributed by atoms with Gasteiger partial charge in [-0.25, -0.2) is 0 Å². The summed E-state index contributed by atoms with van der Waals surface area (Å²) in [5.41, 5.74) is -0.202. The van der Waals surface area contributed by atoms with Gasteiger partial charge in [0.05, 0.1) is 31.9 Å². The Balaban J connectivity index is 1.23. The van der Waals surface area contributed by atoms with E-state index < -0.39 is 0 Å². The van der Waals surface area contributed by atoms with Crippen LogP contribution in [0.2, 0.25) is 0 Å². The van der Waals surface area contributed by atoms with Crippen molar-refractivity contribution in [2.75, 3.05) is 38.5 Å². The Bertz CT molecular complexity index is 758. The first-order valence-electron chi connectivity index (χ1n) is 10.8. The maximum atomic E-state index is 12.7. The van der Waals surface area contributed by atoms with Gasteiger partial charge in [-0.05, 0) is 46.5 Å². The molecular weight excluding hydrogens is 388 g/mol. The van der Waals surface area contributed by atoms with E-state index in [1.54, 1.807) is 0 Å². The van der Waals surface area contributed by atoms with Gasteiger partial charge < -0.3 is 19.7 Å². The average molecular weight is 422 g/mol. The Morgan fingerprint density at radius 1 is 1.14 bits per heavy atom. The summed E-state index contributed by atoms with van der Waals surface area (Å²) in [6, 6.07) is 0.546. The molecule has 8 nitrogen and oxygen atoms in total. The number of piperazine rings is 1. The molecule has 9 heteroatoms. The fourth-order valence-electron chi connectivity index (χ4n) is 3.84. The lowest BCUT2D eigenvalue weighted by Crippen LogP contribution is -3.16. The molecule has 160 valence electrons. The SMILES string of the molecule is CC(C)(C)NC(=O)C[NH+]1CCN(C(=O)CSc2nnc(C3CC3)n2C2CC2)CC1. The van der Waals surface area contributed by atoms with E-state index in [1.807, 2.05) is 25.7 Å². The maximum Gasteiger partial charge on any atom is 0.275 e. The lowest BCUT2D eigenvalue weighted by Gasteiger charge is -2.32. The van der Waals surface area contributed by atoms with Gasteiger partial charge in [0.2, 0.25) is 5.91 Å². The van der Waals surface area contributed by atoms with Crippen molar-refractivity contribution < 1.29 is 14.5 Å². The summed E-state index contributed by atoms with van der Waals surface area (Å²) < 4.78 is 2.30. The smallest absolute Gasteiger partial charge is 0.275 e. The van der Waals surface area contributed by atoms with Gasteiger partial charge in [-0.2, -0.15) is 0 Å². The molecule has 1 aliphatic heterocycles. The predicted molar refractivity (Wildman–Crippen MR) is 111 cm³/mol. The standard InChI is InChI=1S/C20H32N6O2S/c1-20(2,3)21-16(27)12-24-8-10-25(11-9-24)17(28)13-29-19-23-22-18(14-4-5-14)26(19)15-6-7-15/h14-15H,4-13H2,1-3H3,(H,21,27)/p+1. The molecule has 4 rings (SSSR count). The van der Waals surface area contributed by atoms with Gasteiger partial charge in [0.15, 0.2) is 11.7 Å². The Labute approximate surface area is 176 Å². The molecule has 0 bridgehead atoms. The highest BCUT2D eigenvalue weighted by Crippen LogP contribution is 2.45. The van der Waals surface area contributed by atoms with Crippen molar-refractivity contribution in [2.45, 2.75) is 69.1 Å². The van der Waals surface area contributed by atoms with Gasteiger partial charge in [0.1, 0.15) is 5.82 Å². The van der Waals surface area contributed by atoms with Crippen LogP contribution < -0.4 is 10.2 Å². The van der Waals surface area contributed by atoms with Crippen molar-refractivity contribution in [1.29, 1.82) is 0 Å². The molecule has 0 spiro atoms. The summed E-state index contributed by atoms with van der Waals surface area (Å²) in [5, 5.41) is 12.7. The number of thioether (sulfide) groups is 1. The summed E-state index contributed by atoms with van der Waals surface area (Å²) in [6.45, 7) is 9.50. The number of carbonyl (C=O) groups excluding carboxylic acids is 2. The third kappa shape index (κ3) is 5.51. The summed E-state index contributed by atoms with van der Waals surface area (Å²) in [7, 11) is 0. The van der Waals surface area contributed by atoms with Crippen LogP contribution in [0.25, 0.3) is 0 Å². The zero-order chi connectivity index (χ0) is 20.6. The zero-order valence-corrected chi connectivity index (χ0v) is 18.6. The molecule has 0 aromatic carbocycles. The van der Waals surface area contributed by atoms with Gasteiger partial charge in [-0.1, -0.05) is 11.8 Å². The number of amides is 2. The topological polar surface area (TPSA) is 84.6 Å². The van der Waals surface area contributed by atoms with Crippen molar-refractivity contribution in [2.24, 2.45) is 0 Å². The third-order valence-electron chi connectivity index (χ3n) is 5.62. The van der Waals surface area contributed by atoms with Crippen molar-refractivity contribution in [3.63, 3.8) is 0 Å². The molecule has 1 saturated heterocycles. The van der Waals surface area contributed by atoms with Crippen LogP contribution in [0.1, 0.15) is 64.2 Å². The van der Waals surface area contributed by atoms with Gasteiger partial charge in [0, 0.05) is 17.5 Å². The zero-order valence-electron chi connectivity index (χ0n) is 17.7. The summed E-state index contributed by atoms with van der Waals surface area (Å²) in [4.78, 5) is 28.0. The summed E-state index contributed by atoms with van der Waals surface area (Å²) in [5.74, 6) is 2.36. The van der Waals surface area contributed by atoms with Gasteiger partial charge in [0.25, 0.3) is 5.91 Å². The number of carbonyl (C=O) groups is 2. The van der Waals surface area contributed by atoms with Crippen molar-refractivity contribution in [3.05, 3.63) is 5.82 Å². The molecule has 29 heavy (non-hydrogen) atoms. The quantitative estimate of drug-likeness (QED) is 0.616. The van der Waals surface area contributed by atoms with Crippen LogP contribution in [0.3, 0.4) is 0 Å². The van der Waals surface area contributed by atoms with Crippen LogP contribution in [-0.2, 0) is 9.59 Å². The van der Waals surface area contributed by atoms with Crippen molar-refractivity contribution in [1.82, 2.24) is 25.0 Å². The number of nitrogens with zero attached hydrogens (tertiary/aromatic N) is 4. The first-order chi connectivity index (χ1) is 13.8. The molecule has 2 saturated carbocycles. The monoisotopic (exact) mass is 421 g/mol. The fraction of sp³-hybridized carbons (Fsp3) is 0.800. The van der Waals surface area contributed by atoms with Gasteiger partial charge >= 0.3 is 0 Å². The molecule has 2 heterocycles. The number of aromatic nitrogens is 3. The van der Waals surface area contributed by atoms with E-state index in [0.29, 0.717) is 37.3 Å². The largest absolute Gasteiger partial charge is 0.347 e. The lowest BCUT2D eigenvalue weighted by atomic mass is 10.1. The van der Waals surface area contributed by atoms with Gasteiger partial charge in [-0.3, -0.25) is 9.59 Å². The maximum absolute atomic E-state index is 12.7. The minimum atomic E-state index is -0.202. The van der Waals surface area contributed by atoms with Crippen LogP contribution in [0, 0.1) is 0 Å². The van der Waals surface area contributed by atoms with Crippen molar-refractivity contribution in [3.8, 4) is 0 Å². The van der Waals surface area contributed by atoms with E-state index in [-0.39, 0.29) is 17.4 Å². The number of rotatable bonds is 7. The van der Waals surface area contributed by atoms with Crippen LogP contribution in [0.4, 0.5) is 0 Å². The fourth-order valence-corrected chi connectivity index (χ4v) is 4.75. The van der Waals surface area contributed by atoms with Gasteiger partial charge in [-0.15, -0.1) is 10.2 Å². The number of quaternary nitrogens is 1. The van der Waals surface area contributed by atoms with E-state index >= 15 is 0 Å². The average Bonchev–Trinajstić information content (AvgIpc) is 3.57. The van der Waals surface area contributed by atoms with E-state index in [1.165, 1.54) is 42.3 Å². The molecule has 3 aliphatic rings. The molecule has 0 radical (unpaired) electrons. The summed E-state index contributed by atoms with van der Waals surface area (Å²) >= 11 is 1.53. The second-order valence-electron chi connectivity index (χ2n) is 9.61. The number of nitrogens with one attached hydrogen (secondary N) is 2. The second-order valence-corrected chi connectivity index (χ2v) is 10.6. The molecular formula is C20H33N6O2S+. The highest BCUT2D eigenvalue weighted by Gasteiger charge is 2.36. The molecule has 3 fully saturated rings. The molecule has 2 aliphatic carbocycles. The predicted octanol–water partition coefficient (Wildman–Crippen LogP) is 0.224. The van der Waals surface area contributed by atoms with Crippen molar-refractivity contribution >= 4 is 23.6 Å². The summed E-state index contributed by atoms with van der Waals surface area (Å²) in [6.07, 6.45) is 4.84. The highest BCUT2D eigenvalue weighted by atomic mass is 32.2. The first-order valence-corrected chi connectivity index (χ1v) is 11.8. The molecule has 2 N–H and O–H groups in total. The van der Waals surface area contributed by atoms with E-state index in [4.69, 9.17) is 0 Å². The molecule has 1 aromatic heterocycles. The van der Waals surface area contributed by atoms with Crippen LogP contribution in [0.5, 0.6) is 0 Å². The Kier molecular flexibility index (Phi) is 5.88. The Morgan fingerprint density at radius 2 is 1.83 bits per heavy atom. The van der Waals surface area contributed by atoms with Crippen LogP contribution in [0.15, 0.2) is 5.16 Å². The molecule has 2 amide bonds. The highest BCUT2D eigenvalue weighted by molar-refractivity contribution is 7.99. The molecule has 0 atom stereocenters. The second kappa shape index (κ2) is 8.26. The number of hydrogen-bond donors (Lipinski definition) is 2. The minimum absolute atomic E-state index is 0.0775. The number of hydrogen-bond acceptors (Lipinski definition) is 5. The lowest BCUT2D eigenvalue weighted by molar-refractivity contribution is -0.896. The normalized spacial score (nSPS) is 20.7. The van der Waals surface area contributed by atoms with E-state index in [9.17, 15) is 9.59 Å². The Morgan fingerprint density at radius 3 is 2.41 bits per heavy atom. The van der Waals surface area contributed by atoms with Crippen LogP contribution >= 0.6 is 11.8 Å². The van der Waals surface area contributed by atoms with E-state index in [0.717, 1.165) is 24.1 Å². The van der Waals surface area contributed by atoms with E-state index in [2.05, 4.69) is 20.1 Å². The molecule has 0 unspecified atom stereocenters. The first kappa shape index (κ1) is 20.7. The molecule has 1 aromatic rings. The Hall–Kier alpha value is -1.61. The minimum Gasteiger partial charge on any atom is -0.347 e. The van der Waals surface area contributed by atoms with Crippen LogP contribution in [-0.4, -0.2) is 75.5 Å². The third-order valence-corrected chi connectivity index (χ3v) is 6.55.